The Labute approximate surface area is 169 Å². The molecule has 150 valence electrons. The van der Waals surface area contributed by atoms with Gasteiger partial charge in [0.25, 0.3) is 0 Å². The molecule has 2 aromatic rings. The van der Waals surface area contributed by atoms with E-state index < -0.39 is 0 Å². The van der Waals surface area contributed by atoms with Gasteiger partial charge in [0.05, 0.1) is 12.6 Å². The first-order valence-corrected chi connectivity index (χ1v) is 10.2. The normalized spacial score (nSPS) is 19.5. The molecule has 1 aliphatic carbocycles. The Morgan fingerprint density at radius 2 is 2.07 bits per heavy atom. The monoisotopic (exact) mass is 403 g/mol. The van der Waals surface area contributed by atoms with Crippen molar-refractivity contribution in [1.82, 2.24) is 25.4 Å². The summed E-state index contributed by atoms with van der Waals surface area (Å²) in [5.74, 6) is 0. The van der Waals surface area contributed by atoms with E-state index in [-0.39, 0.29) is 24.1 Å². The van der Waals surface area contributed by atoms with Crippen molar-refractivity contribution in [2.45, 2.75) is 44.3 Å². The molecule has 0 spiro atoms. The number of hydrogen-bond donors (Lipinski definition) is 3. The first-order chi connectivity index (χ1) is 13.5. The molecule has 8 heteroatoms. The van der Waals surface area contributed by atoms with Crippen LogP contribution >= 0.6 is 11.6 Å². The zero-order chi connectivity index (χ0) is 19.7. The molecule has 7 nitrogen and oxygen atoms in total. The van der Waals surface area contributed by atoms with Crippen LogP contribution < -0.4 is 10.6 Å². The topological polar surface area (TPSA) is 80.5 Å². The van der Waals surface area contributed by atoms with Crippen LogP contribution in [-0.4, -0.2) is 59.1 Å². The Balaban J connectivity index is 1.41. The van der Waals surface area contributed by atoms with E-state index in [1.165, 1.54) is 0 Å². The van der Waals surface area contributed by atoms with Gasteiger partial charge in [0.1, 0.15) is 0 Å². The van der Waals surface area contributed by atoms with Crippen LogP contribution in [0.15, 0.2) is 24.3 Å². The van der Waals surface area contributed by atoms with E-state index in [0.717, 1.165) is 48.8 Å². The first kappa shape index (κ1) is 18.9. The Bertz CT molecular complexity index is 879. The van der Waals surface area contributed by atoms with Gasteiger partial charge in [0, 0.05) is 47.8 Å². The number of piperidine rings is 1. The van der Waals surface area contributed by atoms with Crippen LogP contribution in [0.2, 0.25) is 5.02 Å². The zero-order valence-electron chi connectivity index (χ0n) is 16.0. The van der Waals surface area contributed by atoms with Crippen molar-refractivity contribution in [2.24, 2.45) is 0 Å². The van der Waals surface area contributed by atoms with Gasteiger partial charge in [-0.3, -0.25) is 0 Å². The molecule has 4 rings (SSSR count). The lowest BCUT2D eigenvalue weighted by molar-refractivity contribution is 0.116. The summed E-state index contributed by atoms with van der Waals surface area (Å²) < 4.78 is 0. The number of amides is 4. The Hall–Kier alpha value is -2.41. The molecular formula is C20H26ClN5O2. The number of likely N-dealkylation sites (tertiary alicyclic amines) is 1. The van der Waals surface area contributed by atoms with Gasteiger partial charge in [-0.05, 0) is 49.9 Å². The van der Waals surface area contributed by atoms with Gasteiger partial charge in [0.2, 0.25) is 0 Å². The SMILES string of the molecule is CNC(=O)N1CCCC(N(C(=O)NCc2cc3cc(Cl)ccc3[nH]2)C2CC2)C1. The van der Waals surface area contributed by atoms with Crippen molar-refractivity contribution in [3.05, 3.63) is 35.0 Å². The fourth-order valence-corrected chi connectivity index (χ4v) is 4.21. The Morgan fingerprint density at radius 3 is 2.82 bits per heavy atom. The third-order valence-electron chi connectivity index (χ3n) is 5.53. The van der Waals surface area contributed by atoms with Crippen molar-refractivity contribution >= 4 is 34.6 Å². The average Bonchev–Trinajstić information content (AvgIpc) is 3.44. The minimum absolute atomic E-state index is 0.0528. The lowest BCUT2D eigenvalue weighted by atomic mass is 10.0. The number of halogens is 1. The highest BCUT2D eigenvalue weighted by molar-refractivity contribution is 6.31. The number of carbonyl (C=O) groups is 2. The van der Waals surface area contributed by atoms with E-state index in [1.807, 2.05) is 29.2 Å². The van der Waals surface area contributed by atoms with E-state index in [1.54, 1.807) is 11.9 Å². The molecule has 1 aromatic carbocycles. The van der Waals surface area contributed by atoms with Gasteiger partial charge < -0.3 is 25.4 Å². The highest BCUT2D eigenvalue weighted by atomic mass is 35.5. The van der Waals surface area contributed by atoms with Crippen LogP contribution in [0, 0.1) is 0 Å². The number of aromatic nitrogens is 1. The summed E-state index contributed by atoms with van der Waals surface area (Å²) in [5.41, 5.74) is 1.94. The fourth-order valence-electron chi connectivity index (χ4n) is 4.03. The molecule has 1 saturated carbocycles. The second kappa shape index (κ2) is 7.91. The highest BCUT2D eigenvalue weighted by Crippen LogP contribution is 2.31. The van der Waals surface area contributed by atoms with E-state index in [4.69, 9.17) is 11.6 Å². The number of urea groups is 2. The van der Waals surface area contributed by atoms with Crippen LogP contribution in [0.25, 0.3) is 10.9 Å². The average molecular weight is 404 g/mol. The first-order valence-electron chi connectivity index (χ1n) is 9.85. The van der Waals surface area contributed by atoms with E-state index >= 15 is 0 Å². The van der Waals surface area contributed by atoms with Gasteiger partial charge >= 0.3 is 12.1 Å². The second-order valence-electron chi connectivity index (χ2n) is 7.62. The summed E-state index contributed by atoms with van der Waals surface area (Å²) in [5, 5.41) is 7.47. The molecule has 28 heavy (non-hydrogen) atoms. The molecule has 2 heterocycles. The van der Waals surface area contributed by atoms with Gasteiger partial charge in [-0.1, -0.05) is 11.6 Å². The van der Waals surface area contributed by atoms with Crippen LogP contribution in [-0.2, 0) is 6.54 Å². The molecule has 3 N–H and O–H groups in total. The van der Waals surface area contributed by atoms with Gasteiger partial charge in [0.15, 0.2) is 0 Å². The number of aromatic amines is 1. The number of carbonyl (C=O) groups excluding carboxylic acids is 2. The number of nitrogens with zero attached hydrogens (tertiary/aromatic N) is 2. The van der Waals surface area contributed by atoms with E-state index in [0.29, 0.717) is 18.1 Å². The maximum atomic E-state index is 13.0. The van der Waals surface area contributed by atoms with E-state index in [2.05, 4.69) is 15.6 Å². The van der Waals surface area contributed by atoms with Crippen LogP contribution in [0.3, 0.4) is 0 Å². The number of H-pyrrole nitrogens is 1. The standard InChI is InChI=1S/C20H26ClN5O2/c1-22-19(27)25-8-2-3-17(12-25)26(16-5-6-16)20(28)23-11-15-10-13-9-14(21)4-7-18(13)24-15/h4,7,9-10,16-17,24H,2-3,5-6,8,11-12H2,1H3,(H,22,27)(H,23,28). The highest BCUT2D eigenvalue weighted by Gasteiger charge is 2.39. The maximum absolute atomic E-state index is 13.0. The van der Waals surface area contributed by atoms with Gasteiger partial charge in [-0.15, -0.1) is 0 Å². The third kappa shape index (κ3) is 4.04. The molecule has 1 aromatic heterocycles. The predicted octanol–water partition coefficient (Wildman–Crippen LogP) is 3.30. The molecule has 0 radical (unpaired) electrons. The molecular weight excluding hydrogens is 378 g/mol. The molecule has 4 amide bonds. The molecule has 1 aliphatic heterocycles. The number of nitrogens with one attached hydrogen (secondary N) is 3. The molecule has 1 unspecified atom stereocenters. The van der Waals surface area contributed by atoms with Gasteiger partial charge in [-0.25, -0.2) is 9.59 Å². The molecule has 1 atom stereocenters. The van der Waals surface area contributed by atoms with Crippen molar-refractivity contribution in [2.75, 3.05) is 20.1 Å². The summed E-state index contributed by atoms with van der Waals surface area (Å²) in [4.78, 5) is 32.1. The molecule has 1 saturated heterocycles. The minimum atomic E-state index is -0.0717. The summed E-state index contributed by atoms with van der Waals surface area (Å²) in [6, 6.07) is 7.94. The van der Waals surface area contributed by atoms with Crippen LogP contribution in [0.5, 0.6) is 0 Å². The summed E-state index contributed by atoms with van der Waals surface area (Å²) >= 11 is 6.05. The third-order valence-corrected chi connectivity index (χ3v) is 5.77. The van der Waals surface area contributed by atoms with E-state index in [9.17, 15) is 9.59 Å². The molecule has 2 fully saturated rings. The minimum Gasteiger partial charge on any atom is -0.357 e. The fraction of sp³-hybridized carbons (Fsp3) is 0.500. The summed E-state index contributed by atoms with van der Waals surface area (Å²) in [7, 11) is 1.64. The second-order valence-corrected chi connectivity index (χ2v) is 8.06. The molecule has 0 bridgehead atoms. The lowest BCUT2D eigenvalue weighted by Crippen LogP contribution is -2.56. The zero-order valence-corrected chi connectivity index (χ0v) is 16.8. The van der Waals surface area contributed by atoms with Crippen molar-refractivity contribution in [1.29, 1.82) is 0 Å². The largest absolute Gasteiger partial charge is 0.357 e. The number of hydrogen-bond acceptors (Lipinski definition) is 2. The van der Waals surface area contributed by atoms with Crippen molar-refractivity contribution in [3.63, 3.8) is 0 Å². The van der Waals surface area contributed by atoms with Crippen LogP contribution in [0.4, 0.5) is 9.59 Å². The summed E-state index contributed by atoms with van der Waals surface area (Å²) in [6.07, 6.45) is 3.92. The number of benzene rings is 1. The van der Waals surface area contributed by atoms with Gasteiger partial charge in [-0.2, -0.15) is 0 Å². The van der Waals surface area contributed by atoms with Crippen molar-refractivity contribution < 1.29 is 9.59 Å². The number of fused-ring (bicyclic) bond motifs is 1. The maximum Gasteiger partial charge on any atom is 0.318 e. The Morgan fingerprint density at radius 1 is 1.25 bits per heavy atom. The predicted molar refractivity (Wildman–Crippen MR) is 109 cm³/mol. The Kier molecular flexibility index (Phi) is 5.35. The number of rotatable bonds is 4. The molecule has 2 aliphatic rings. The van der Waals surface area contributed by atoms with Crippen LogP contribution in [0.1, 0.15) is 31.4 Å². The van der Waals surface area contributed by atoms with Crippen molar-refractivity contribution in [3.8, 4) is 0 Å². The smallest absolute Gasteiger partial charge is 0.318 e. The summed E-state index contributed by atoms with van der Waals surface area (Å²) in [6.45, 7) is 1.77. The quantitative estimate of drug-likeness (QED) is 0.732. The lowest BCUT2D eigenvalue weighted by Gasteiger charge is -2.39.